The number of anilines is 1. The number of ether oxygens (including phenoxy) is 1. The van der Waals surface area contributed by atoms with E-state index in [0.717, 1.165) is 37.6 Å². The predicted octanol–water partition coefficient (Wildman–Crippen LogP) is 2.82. The topological polar surface area (TPSA) is 15.7 Å². The van der Waals surface area contributed by atoms with E-state index in [1.165, 1.54) is 5.56 Å². The summed E-state index contributed by atoms with van der Waals surface area (Å²) in [7, 11) is 2.17. The Morgan fingerprint density at radius 1 is 0.952 bits per heavy atom. The Labute approximate surface area is 126 Å². The summed E-state index contributed by atoms with van der Waals surface area (Å²) in [5.41, 5.74) is 2.31. The van der Waals surface area contributed by atoms with Gasteiger partial charge in [-0.25, -0.2) is 0 Å². The summed E-state index contributed by atoms with van der Waals surface area (Å²) < 4.78 is 5.85. The molecule has 0 N–H and O–H groups in total. The maximum atomic E-state index is 5.85. The fourth-order valence-corrected chi connectivity index (χ4v) is 2.49. The van der Waals surface area contributed by atoms with Crippen molar-refractivity contribution in [2.75, 3.05) is 38.1 Å². The van der Waals surface area contributed by atoms with Crippen LogP contribution in [0.25, 0.3) is 0 Å². The average Bonchev–Trinajstić information content (AvgIpc) is 2.55. The highest BCUT2D eigenvalue weighted by Gasteiger charge is 2.14. The molecule has 0 aliphatic carbocycles. The van der Waals surface area contributed by atoms with E-state index in [1.807, 2.05) is 30.3 Å². The fraction of sp³-hybridized carbons (Fsp3) is 0.333. The summed E-state index contributed by atoms with van der Waals surface area (Å²) in [5.74, 6) is 0.815. The third-order valence-electron chi connectivity index (χ3n) is 3.83. The molecule has 3 rings (SSSR count). The van der Waals surface area contributed by atoms with Crippen molar-refractivity contribution in [1.29, 1.82) is 0 Å². The van der Waals surface area contributed by atoms with Crippen LogP contribution >= 0.6 is 0 Å². The Bertz CT molecular complexity index is 562. The monoisotopic (exact) mass is 281 g/mol. The van der Waals surface area contributed by atoms with Crippen LogP contribution in [-0.2, 0) is 6.61 Å². The molecule has 109 valence electrons. The van der Waals surface area contributed by atoms with Crippen LogP contribution in [0.15, 0.2) is 48.5 Å². The summed E-state index contributed by atoms with van der Waals surface area (Å²) in [6, 6.07) is 19.7. The SMILES string of the molecule is CN1CCN(c2[c]c(OCc3ccccc3)ccc2)CC1. The number of rotatable bonds is 4. The predicted molar refractivity (Wildman–Crippen MR) is 85.8 cm³/mol. The van der Waals surface area contributed by atoms with E-state index in [-0.39, 0.29) is 0 Å². The number of likely N-dealkylation sites (N-methyl/N-ethyl adjacent to an activating group) is 1. The van der Waals surface area contributed by atoms with Gasteiger partial charge >= 0.3 is 0 Å². The van der Waals surface area contributed by atoms with Crippen molar-refractivity contribution in [2.24, 2.45) is 0 Å². The molecule has 1 heterocycles. The Balaban J connectivity index is 1.63. The average molecular weight is 281 g/mol. The summed E-state index contributed by atoms with van der Waals surface area (Å²) in [5, 5.41) is 0. The van der Waals surface area contributed by atoms with Gasteiger partial charge in [0.05, 0.1) is 6.07 Å². The molecule has 0 spiro atoms. The molecule has 1 radical (unpaired) electrons. The quantitative estimate of drug-likeness (QED) is 0.857. The van der Waals surface area contributed by atoms with Crippen molar-refractivity contribution >= 4 is 5.69 Å². The molecular formula is C18H21N2O. The lowest BCUT2D eigenvalue weighted by Gasteiger charge is -2.34. The zero-order chi connectivity index (χ0) is 14.5. The molecule has 1 aliphatic heterocycles. The van der Waals surface area contributed by atoms with Crippen LogP contribution in [0.3, 0.4) is 0 Å². The lowest BCUT2D eigenvalue weighted by Crippen LogP contribution is -2.44. The first-order valence-corrected chi connectivity index (χ1v) is 7.44. The van der Waals surface area contributed by atoms with E-state index in [1.54, 1.807) is 0 Å². The highest BCUT2D eigenvalue weighted by molar-refractivity contribution is 5.49. The van der Waals surface area contributed by atoms with Gasteiger partial charge in [-0.2, -0.15) is 0 Å². The summed E-state index contributed by atoms with van der Waals surface area (Å²) in [4.78, 5) is 4.72. The van der Waals surface area contributed by atoms with Crippen LogP contribution in [0, 0.1) is 6.07 Å². The van der Waals surface area contributed by atoms with Gasteiger partial charge in [-0.05, 0) is 24.7 Å². The normalized spacial score (nSPS) is 16.0. The third kappa shape index (κ3) is 3.76. The van der Waals surface area contributed by atoms with Crippen LogP contribution in [0.5, 0.6) is 5.75 Å². The van der Waals surface area contributed by atoms with E-state index in [2.05, 4.69) is 41.1 Å². The molecule has 3 heteroatoms. The number of benzene rings is 2. The van der Waals surface area contributed by atoms with Gasteiger partial charge < -0.3 is 14.5 Å². The minimum absolute atomic E-state index is 0.587. The highest BCUT2D eigenvalue weighted by atomic mass is 16.5. The van der Waals surface area contributed by atoms with Gasteiger partial charge in [0, 0.05) is 31.9 Å². The van der Waals surface area contributed by atoms with Gasteiger partial charge in [-0.15, -0.1) is 0 Å². The molecule has 0 atom stereocenters. The van der Waals surface area contributed by atoms with Gasteiger partial charge in [0.2, 0.25) is 0 Å². The first-order chi connectivity index (χ1) is 10.3. The first kappa shape index (κ1) is 14.0. The number of hydrogen-bond acceptors (Lipinski definition) is 3. The molecule has 0 amide bonds. The van der Waals surface area contributed by atoms with Crippen LogP contribution in [0.2, 0.25) is 0 Å². The number of nitrogens with zero attached hydrogens (tertiary/aromatic N) is 2. The molecule has 3 nitrogen and oxygen atoms in total. The third-order valence-corrected chi connectivity index (χ3v) is 3.83. The van der Waals surface area contributed by atoms with Crippen molar-refractivity contribution < 1.29 is 4.74 Å². The summed E-state index contributed by atoms with van der Waals surface area (Å²) >= 11 is 0. The van der Waals surface area contributed by atoms with Crippen molar-refractivity contribution in [3.8, 4) is 5.75 Å². The first-order valence-electron chi connectivity index (χ1n) is 7.44. The molecule has 1 fully saturated rings. The van der Waals surface area contributed by atoms with Crippen LogP contribution in [0.1, 0.15) is 5.56 Å². The van der Waals surface area contributed by atoms with Gasteiger partial charge in [-0.1, -0.05) is 36.4 Å². The molecule has 0 saturated carbocycles. The lowest BCUT2D eigenvalue weighted by atomic mass is 10.2. The maximum Gasteiger partial charge on any atom is 0.129 e. The van der Waals surface area contributed by atoms with Gasteiger partial charge in [0.15, 0.2) is 0 Å². The molecule has 1 aliphatic rings. The number of hydrogen-bond donors (Lipinski definition) is 0. The standard InChI is InChI=1S/C18H21N2O/c1-19-10-12-20(13-11-19)17-8-5-9-18(14-17)21-15-16-6-3-2-4-7-16/h2-9H,10-13,15H2,1H3. The van der Waals surface area contributed by atoms with E-state index < -0.39 is 0 Å². The summed E-state index contributed by atoms with van der Waals surface area (Å²) in [6.45, 7) is 4.89. The Hall–Kier alpha value is -2.00. The second-order valence-corrected chi connectivity index (χ2v) is 5.46. The van der Waals surface area contributed by atoms with Crippen molar-refractivity contribution in [1.82, 2.24) is 4.90 Å². The molecule has 2 aromatic carbocycles. The van der Waals surface area contributed by atoms with E-state index in [0.29, 0.717) is 6.61 Å². The molecule has 0 unspecified atom stereocenters. The smallest absolute Gasteiger partial charge is 0.129 e. The van der Waals surface area contributed by atoms with Gasteiger partial charge in [0.25, 0.3) is 0 Å². The molecule has 0 aromatic heterocycles. The van der Waals surface area contributed by atoms with Crippen LogP contribution in [-0.4, -0.2) is 38.1 Å². The molecular weight excluding hydrogens is 260 g/mol. The second kappa shape index (κ2) is 6.64. The molecule has 2 aromatic rings. The molecule has 21 heavy (non-hydrogen) atoms. The van der Waals surface area contributed by atoms with Crippen LogP contribution < -0.4 is 9.64 Å². The lowest BCUT2D eigenvalue weighted by molar-refractivity contribution is 0.303. The Morgan fingerprint density at radius 3 is 2.48 bits per heavy atom. The van der Waals surface area contributed by atoms with Crippen molar-refractivity contribution in [3.63, 3.8) is 0 Å². The minimum Gasteiger partial charge on any atom is -0.488 e. The minimum atomic E-state index is 0.587. The summed E-state index contributed by atoms with van der Waals surface area (Å²) in [6.07, 6.45) is 0. The second-order valence-electron chi connectivity index (χ2n) is 5.46. The Kier molecular flexibility index (Phi) is 4.41. The molecule has 0 bridgehead atoms. The van der Waals surface area contributed by atoms with E-state index in [4.69, 9.17) is 4.74 Å². The molecule has 1 saturated heterocycles. The Morgan fingerprint density at radius 2 is 1.71 bits per heavy atom. The zero-order valence-electron chi connectivity index (χ0n) is 12.5. The van der Waals surface area contributed by atoms with Gasteiger partial charge in [-0.3, -0.25) is 0 Å². The largest absolute Gasteiger partial charge is 0.488 e. The van der Waals surface area contributed by atoms with Crippen LogP contribution in [0.4, 0.5) is 5.69 Å². The van der Waals surface area contributed by atoms with Crippen molar-refractivity contribution in [3.05, 3.63) is 60.2 Å². The maximum absolute atomic E-state index is 5.85. The highest BCUT2D eigenvalue weighted by Crippen LogP contribution is 2.22. The number of piperazine rings is 1. The van der Waals surface area contributed by atoms with E-state index in [9.17, 15) is 0 Å². The zero-order valence-corrected chi connectivity index (χ0v) is 12.5. The van der Waals surface area contributed by atoms with E-state index >= 15 is 0 Å². The van der Waals surface area contributed by atoms with Gasteiger partial charge in [0.1, 0.15) is 12.4 Å². The fourth-order valence-electron chi connectivity index (χ4n) is 2.49. The van der Waals surface area contributed by atoms with Crippen molar-refractivity contribution in [2.45, 2.75) is 6.61 Å².